The molecule has 2 heterocycles. The number of anilines is 1. The van der Waals surface area contributed by atoms with Crippen molar-refractivity contribution in [3.63, 3.8) is 0 Å². The summed E-state index contributed by atoms with van der Waals surface area (Å²) in [5.74, 6) is 1.67. The number of nitrogens with one attached hydrogen (secondary N) is 1. The van der Waals surface area contributed by atoms with Crippen molar-refractivity contribution in [2.24, 2.45) is 0 Å². The minimum atomic E-state index is -3.33. The van der Waals surface area contributed by atoms with Crippen LogP contribution in [0.1, 0.15) is 17.8 Å². The summed E-state index contributed by atoms with van der Waals surface area (Å²) in [5, 5.41) is 4.51. The first-order valence-corrected chi connectivity index (χ1v) is 13.4. The Labute approximate surface area is 202 Å². The molecule has 0 amide bonds. The third-order valence-electron chi connectivity index (χ3n) is 6.01. The molecule has 1 fully saturated rings. The van der Waals surface area contributed by atoms with Crippen molar-refractivity contribution in [1.29, 1.82) is 0 Å². The Morgan fingerprint density at radius 1 is 0.941 bits per heavy atom. The number of aromatic nitrogens is 2. The van der Waals surface area contributed by atoms with E-state index in [4.69, 9.17) is 9.97 Å². The molecule has 0 spiro atoms. The van der Waals surface area contributed by atoms with E-state index in [1.54, 1.807) is 4.31 Å². The van der Waals surface area contributed by atoms with E-state index in [-0.39, 0.29) is 5.75 Å². The second-order valence-corrected chi connectivity index (χ2v) is 11.0. The molecule has 34 heavy (non-hydrogen) atoms. The van der Waals surface area contributed by atoms with Gasteiger partial charge in [-0.1, -0.05) is 42.5 Å². The molecule has 9 heteroatoms. The van der Waals surface area contributed by atoms with E-state index < -0.39 is 10.0 Å². The van der Waals surface area contributed by atoms with Crippen LogP contribution in [0, 0.1) is 0 Å². The van der Waals surface area contributed by atoms with Crippen molar-refractivity contribution in [1.82, 2.24) is 24.1 Å². The summed E-state index contributed by atoms with van der Waals surface area (Å²) in [4.78, 5) is 14.0. The van der Waals surface area contributed by atoms with Crippen LogP contribution < -0.4 is 5.32 Å². The number of hydrogen-bond acceptors (Lipinski definition) is 7. The van der Waals surface area contributed by atoms with Crippen LogP contribution >= 0.6 is 0 Å². The molecule has 1 saturated heterocycles. The average molecular weight is 483 g/mol. The van der Waals surface area contributed by atoms with Crippen molar-refractivity contribution >= 4 is 26.7 Å². The highest BCUT2D eigenvalue weighted by atomic mass is 32.2. The number of sulfonamides is 1. The quantitative estimate of drug-likeness (QED) is 0.445. The van der Waals surface area contributed by atoms with E-state index in [9.17, 15) is 8.42 Å². The molecule has 0 unspecified atom stereocenters. The number of para-hydroxylation sites is 1. The van der Waals surface area contributed by atoms with Crippen molar-refractivity contribution in [2.75, 3.05) is 58.7 Å². The summed E-state index contributed by atoms with van der Waals surface area (Å²) in [6, 6.07) is 17.4. The predicted octanol–water partition coefficient (Wildman–Crippen LogP) is 2.64. The van der Waals surface area contributed by atoms with Crippen molar-refractivity contribution in [2.45, 2.75) is 18.7 Å². The van der Waals surface area contributed by atoms with Gasteiger partial charge in [-0.3, -0.25) is 4.90 Å². The number of piperazine rings is 1. The minimum absolute atomic E-state index is 0.0461. The number of fused-ring (bicyclic) bond motifs is 1. The molecule has 1 aliphatic heterocycles. The maximum absolute atomic E-state index is 12.8. The molecule has 0 radical (unpaired) electrons. The fraction of sp³-hybridized carbons (Fsp3) is 0.440. The molecule has 1 aliphatic rings. The van der Waals surface area contributed by atoms with Crippen LogP contribution in [0.4, 0.5) is 5.82 Å². The fourth-order valence-corrected chi connectivity index (χ4v) is 5.69. The molecular weight excluding hydrogens is 448 g/mol. The van der Waals surface area contributed by atoms with Crippen LogP contribution in [0.2, 0.25) is 0 Å². The van der Waals surface area contributed by atoms with Crippen LogP contribution in [-0.4, -0.2) is 85.9 Å². The summed E-state index contributed by atoms with van der Waals surface area (Å²) in [6.07, 6.45) is 1.03. The van der Waals surface area contributed by atoms with Crippen LogP contribution in [0.5, 0.6) is 0 Å². The summed E-state index contributed by atoms with van der Waals surface area (Å²) in [6.45, 7) is 4.75. The van der Waals surface area contributed by atoms with Gasteiger partial charge in [0.15, 0.2) is 0 Å². The van der Waals surface area contributed by atoms with E-state index in [2.05, 4.69) is 29.2 Å². The number of nitrogens with zero attached hydrogens (tertiary/aromatic N) is 5. The molecule has 0 bridgehead atoms. The first kappa shape index (κ1) is 24.5. The van der Waals surface area contributed by atoms with Gasteiger partial charge < -0.3 is 10.2 Å². The van der Waals surface area contributed by atoms with Gasteiger partial charge in [0.2, 0.25) is 10.0 Å². The highest BCUT2D eigenvalue weighted by molar-refractivity contribution is 7.88. The Kier molecular flexibility index (Phi) is 8.10. The lowest BCUT2D eigenvalue weighted by atomic mass is 10.2. The Balaban J connectivity index is 1.38. The third kappa shape index (κ3) is 6.50. The van der Waals surface area contributed by atoms with Gasteiger partial charge in [-0.15, -0.1) is 0 Å². The van der Waals surface area contributed by atoms with Gasteiger partial charge in [0.05, 0.1) is 17.8 Å². The van der Waals surface area contributed by atoms with E-state index in [1.807, 2.05) is 54.6 Å². The number of benzene rings is 2. The molecule has 8 nitrogen and oxygen atoms in total. The normalized spacial score (nSPS) is 15.7. The maximum Gasteiger partial charge on any atom is 0.218 e. The number of hydrogen-bond donors (Lipinski definition) is 1. The van der Waals surface area contributed by atoms with E-state index >= 15 is 0 Å². The molecule has 182 valence electrons. The van der Waals surface area contributed by atoms with E-state index in [0.717, 1.165) is 47.6 Å². The van der Waals surface area contributed by atoms with Gasteiger partial charge in [-0.25, -0.2) is 18.4 Å². The lowest BCUT2D eigenvalue weighted by Gasteiger charge is -2.33. The topological polar surface area (TPSA) is 81.7 Å². The first-order chi connectivity index (χ1) is 16.4. The minimum Gasteiger partial charge on any atom is -0.369 e. The van der Waals surface area contributed by atoms with E-state index in [1.165, 1.54) is 0 Å². The van der Waals surface area contributed by atoms with Crippen LogP contribution in [-0.2, 0) is 22.3 Å². The lowest BCUT2D eigenvalue weighted by molar-refractivity contribution is 0.178. The van der Waals surface area contributed by atoms with Crippen molar-refractivity contribution < 1.29 is 8.42 Å². The molecule has 0 atom stereocenters. The zero-order valence-corrected chi connectivity index (χ0v) is 20.8. The van der Waals surface area contributed by atoms with Crippen LogP contribution in [0.25, 0.3) is 10.9 Å². The van der Waals surface area contributed by atoms with Crippen molar-refractivity contribution in [3.8, 4) is 0 Å². The van der Waals surface area contributed by atoms with Crippen LogP contribution in [0.15, 0.2) is 54.6 Å². The molecule has 1 N–H and O–H groups in total. The Morgan fingerprint density at radius 2 is 1.65 bits per heavy atom. The molecule has 0 saturated carbocycles. The second kappa shape index (κ2) is 11.2. The largest absolute Gasteiger partial charge is 0.369 e. The molecule has 1 aromatic heterocycles. The average Bonchev–Trinajstić information content (AvgIpc) is 2.82. The third-order valence-corrected chi connectivity index (χ3v) is 7.86. The molecular formula is C25H34N6O2S. The maximum atomic E-state index is 12.8. The fourth-order valence-electron chi connectivity index (χ4n) is 4.17. The van der Waals surface area contributed by atoms with Gasteiger partial charge in [-0.05, 0) is 44.8 Å². The Bertz CT molecular complexity index is 1180. The SMILES string of the molecule is CN(C)CCCNc1nc(CN2CCN(S(=O)(=O)Cc3ccccc3)CC2)nc2ccccc12. The standard InChI is InChI=1S/C25H34N6O2S/c1-29(2)14-8-13-26-25-22-11-6-7-12-23(22)27-24(28-25)19-30-15-17-31(18-16-30)34(32,33)20-21-9-4-3-5-10-21/h3-7,9-12H,8,13-20H2,1-2H3,(H,26,27,28). The van der Waals surface area contributed by atoms with Gasteiger partial charge in [0.25, 0.3) is 0 Å². The molecule has 0 aliphatic carbocycles. The van der Waals surface area contributed by atoms with Gasteiger partial charge in [0.1, 0.15) is 11.6 Å². The van der Waals surface area contributed by atoms with Gasteiger partial charge >= 0.3 is 0 Å². The Morgan fingerprint density at radius 3 is 2.38 bits per heavy atom. The summed E-state index contributed by atoms with van der Waals surface area (Å²) in [5.41, 5.74) is 1.74. The number of rotatable bonds is 10. The van der Waals surface area contributed by atoms with Gasteiger partial charge in [0, 0.05) is 38.1 Å². The van der Waals surface area contributed by atoms with Gasteiger partial charge in [-0.2, -0.15) is 4.31 Å². The lowest BCUT2D eigenvalue weighted by Crippen LogP contribution is -2.48. The zero-order chi connectivity index (χ0) is 24.0. The first-order valence-electron chi connectivity index (χ1n) is 11.8. The second-order valence-electron chi connectivity index (χ2n) is 9.01. The summed E-state index contributed by atoms with van der Waals surface area (Å²) in [7, 11) is 0.823. The van der Waals surface area contributed by atoms with E-state index in [0.29, 0.717) is 32.7 Å². The summed E-state index contributed by atoms with van der Waals surface area (Å²) >= 11 is 0. The highest BCUT2D eigenvalue weighted by Crippen LogP contribution is 2.21. The molecule has 3 aromatic rings. The monoisotopic (exact) mass is 482 g/mol. The predicted molar refractivity (Wildman–Crippen MR) is 137 cm³/mol. The summed E-state index contributed by atoms with van der Waals surface area (Å²) < 4.78 is 27.3. The van der Waals surface area contributed by atoms with Crippen molar-refractivity contribution in [3.05, 3.63) is 66.0 Å². The molecule has 4 rings (SSSR count). The Hall–Kier alpha value is -2.59. The molecule has 2 aromatic carbocycles. The van der Waals surface area contributed by atoms with Crippen LogP contribution in [0.3, 0.4) is 0 Å². The highest BCUT2D eigenvalue weighted by Gasteiger charge is 2.27. The zero-order valence-electron chi connectivity index (χ0n) is 20.0. The smallest absolute Gasteiger partial charge is 0.218 e.